The van der Waals surface area contributed by atoms with Gasteiger partial charge in [-0.15, -0.1) is 0 Å². The number of benzene rings is 2. The van der Waals surface area contributed by atoms with Gasteiger partial charge in [0.15, 0.2) is 0 Å². The van der Waals surface area contributed by atoms with Gasteiger partial charge in [-0.3, -0.25) is 4.79 Å². The van der Waals surface area contributed by atoms with Crippen LogP contribution in [0, 0.1) is 5.82 Å². The van der Waals surface area contributed by atoms with Crippen LogP contribution in [0.2, 0.25) is 5.02 Å². The highest BCUT2D eigenvalue weighted by molar-refractivity contribution is 6.33. The Labute approximate surface area is 152 Å². The largest absolute Gasteiger partial charge is 0.416 e. The number of carbonyl (C=O) groups excluding carboxylic acids is 1. The SMILES string of the molecule is O=C(c1ccc(F)cc1Cl)N1CCN(c2cccc(C(F)(F)F)c2)CC1. The molecule has 2 aromatic carbocycles. The molecule has 26 heavy (non-hydrogen) atoms. The molecule has 0 N–H and O–H groups in total. The van der Waals surface area contributed by atoms with Crippen LogP contribution >= 0.6 is 11.6 Å². The lowest BCUT2D eigenvalue weighted by Gasteiger charge is -2.36. The van der Waals surface area contributed by atoms with Crippen molar-refractivity contribution in [2.75, 3.05) is 31.1 Å². The smallest absolute Gasteiger partial charge is 0.368 e. The Morgan fingerprint density at radius 1 is 1.00 bits per heavy atom. The minimum atomic E-state index is -4.40. The number of hydrogen-bond acceptors (Lipinski definition) is 2. The maximum absolute atomic E-state index is 13.1. The summed E-state index contributed by atoms with van der Waals surface area (Å²) in [6, 6.07) is 8.69. The summed E-state index contributed by atoms with van der Waals surface area (Å²) in [6.07, 6.45) is -4.40. The van der Waals surface area contributed by atoms with E-state index in [0.29, 0.717) is 31.9 Å². The van der Waals surface area contributed by atoms with Crippen molar-refractivity contribution in [3.05, 3.63) is 64.4 Å². The minimum Gasteiger partial charge on any atom is -0.368 e. The predicted octanol–water partition coefficient (Wildman–Crippen LogP) is 4.46. The molecule has 0 radical (unpaired) electrons. The predicted molar refractivity (Wildman–Crippen MR) is 91.0 cm³/mol. The van der Waals surface area contributed by atoms with Gasteiger partial charge in [0.05, 0.1) is 16.1 Å². The van der Waals surface area contributed by atoms with E-state index in [0.717, 1.165) is 24.3 Å². The van der Waals surface area contributed by atoms with Crippen molar-refractivity contribution in [3.8, 4) is 0 Å². The highest BCUT2D eigenvalue weighted by Gasteiger charge is 2.31. The van der Waals surface area contributed by atoms with E-state index in [1.807, 2.05) is 0 Å². The van der Waals surface area contributed by atoms with Crippen molar-refractivity contribution in [2.45, 2.75) is 6.18 Å². The molecule has 1 aliphatic rings. The van der Waals surface area contributed by atoms with Crippen molar-refractivity contribution in [2.24, 2.45) is 0 Å². The molecular weight excluding hydrogens is 372 g/mol. The topological polar surface area (TPSA) is 23.6 Å². The van der Waals surface area contributed by atoms with Crippen LogP contribution in [0.1, 0.15) is 15.9 Å². The Kier molecular flexibility index (Phi) is 5.09. The molecule has 3 rings (SSSR count). The normalized spacial score (nSPS) is 15.3. The maximum Gasteiger partial charge on any atom is 0.416 e. The zero-order chi connectivity index (χ0) is 18.9. The summed E-state index contributed by atoms with van der Waals surface area (Å²) in [4.78, 5) is 15.9. The lowest BCUT2D eigenvalue weighted by molar-refractivity contribution is -0.137. The maximum atomic E-state index is 13.1. The number of anilines is 1. The van der Waals surface area contributed by atoms with E-state index in [1.54, 1.807) is 15.9 Å². The van der Waals surface area contributed by atoms with Crippen LogP contribution < -0.4 is 4.90 Å². The van der Waals surface area contributed by atoms with Gasteiger partial charge < -0.3 is 9.80 Å². The van der Waals surface area contributed by atoms with Crippen LogP contribution in [0.3, 0.4) is 0 Å². The molecule has 0 bridgehead atoms. The van der Waals surface area contributed by atoms with Gasteiger partial charge in [0, 0.05) is 31.9 Å². The van der Waals surface area contributed by atoms with Crippen molar-refractivity contribution in [1.29, 1.82) is 0 Å². The molecule has 1 amide bonds. The molecule has 8 heteroatoms. The highest BCUT2D eigenvalue weighted by Crippen LogP contribution is 2.32. The summed E-state index contributed by atoms with van der Waals surface area (Å²) in [5.74, 6) is -0.848. The second-order valence-corrected chi connectivity index (χ2v) is 6.36. The zero-order valence-corrected chi connectivity index (χ0v) is 14.3. The summed E-state index contributed by atoms with van der Waals surface area (Å²) in [5.41, 5.74) is -0.0288. The molecule has 1 aliphatic heterocycles. The summed E-state index contributed by atoms with van der Waals surface area (Å²) in [5, 5.41) is 0.0373. The van der Waals surface area contributed by atoms with Gasteiger partial charge in [0.25, 0.3) is 5.91 Å². The van der Waals surface area contributed by atoms with Gasteiger partial charge in [-0.2, -0.15) is 13.2 Å². The number of alkyl halides is 3. The van der Waals surface area contributed by atoms with Crippen LogP contribution in [0.25, 0.3) is 0 Å². The van der Waals surface area contributed by atoms with Crippen molar-refractivity contribution in [1.82, 2.24) is 4.90 Å². The fraction of sp³-hybridized carbons (Fsp3) is 0.278. The third-order valence-corrected chi connectivity index (χ3v) is 4.58. The van der Waals surface area contributed by atoms with Crippen LogP contribution in [-0.2, 0) is 6.18 Å². The molecule has 0 aromatic heterocycles. The molecule has 0 unspecified atom stereocenters. The van der Waals surface area contributed by atoms with E-state index in [2.05, 4.69) is 0 Å². The number of hydrogen-bond donors (Lipinski definition) is 0. The van der Waals surface area contributed by atoms with Crippen LogP contribution in [-0.4, -0.2) is 37.0 Å². The van der Waals surface area contributed by atoms with Gasteiger partial charge in [0.2, 0.25) is 0 Å². The Hall–Kier alpha value is -2.28. The summed E-state index contributed by atoms with van der Waals surface area (Å²) in [7, 11) is 0. The number of carbonyl (C=O) groups is 1. The molecule has 0 atom stereocenters. The second-order valence-electron chi connectivity index (χ2n) is 5.95. The Morgan fingerprint density at radius 2 is 1.69 bits per heavy atom. The Balaban J connectivity index is 1.68. The standard InChI is InChI=1S/C18H15ClF4N2O/c19-16-11-13(20)4-5-15(16)17(26)25-8-6-24(7-9-25)14-3-1-2-12(10-14)18(21,22)23/h1-5,10-11H,6-9H2. The Morgan fingerprint density at radius 3 is 2.31 bits per heavy atom. The average Bonchev–Trinajstić information content (AvgIpc) is 2.61. The molecule has 0 aliphatic carbocycles. The summed E-state index contributed by atoms with van der Waals surface area (Å²) >= 11 is 5.92. The van der Waals surface area contributed by atoms with Crippen LogP contribution in [0.15, 0.2) is 42.5 Å². The van der Waals surface area contributed by atoms with Crippen molar-refractivity contribution < 1.29 is 22.4 Å². The van der Waals surface area contributed by atoms with Crippen molar-refractivity contribution in [3.63, 3.8) is 0 Å². The van der Waals surface area contributed by atoms with Gasteiger partial charge in [-0.25, -0.2) is 4.39 Å². The lowest BCUT2D eigenvalue weighted by atomic mass is 10.1. The zero-order valence-electron chi connectivity index (χ0n) is 13.6. The molecule has 0 saturated carbocycles. The second kappa shape index (κ2) is 7.15. The fourth-order valence-electron chi connectivity index (χ4n) is 2.88. The number of nitrogens with zero attached hydrogens (tertiary/aromatic N) is 2. The summed E-state index contributed by atoms with van der Waals surface area (Å²) < 4.78 is 51.7. The summed E-state index contributed by atoms with van der Waals surface area (Å²) in [6.45, 7) is 1.46. The lowest BCUT2D eigenvalue weighted by Crippen LogP contribution is -2.48. The number of halogens is 5. The van der Waals surface area contributed by atoms with Crippen LogP contribution in [0.4, 0.5) is 23.2 Å². The third-order valence-electron chi connectivity index (χ3n) is 4.27. The Bertz CT molecular complexity index is 817. The number of rotatable bonds is 2. The molecule has 1 heterocycles. The first-order valence-corrected chi connectivity index (χ1v) is 8.30. The number of piperazine rings is 1. The van der Waals surface area contributed by atoms with E-state index in [4.69, 9.17) is 11.6 Å². The third kappa shape index (κ3) is 3.93. The first-order chi connectivity index (χ1) is 12.3. The molecule has 0 spiro atoms. The van der Waals surface area contributed by atoms with Gasteiger partial charge in [0.1, 0.15) is 5.82 Å². The molecule has 1 saturated heterocycles. The first-order valence-electron chi connectivity index (χ1n) is 7.92. The molecule has 138 valence electrons. The van der Waals surface area contributed by atoms with Crippen molar-refractivity contribution >= 4 is 23.2 Å². The van der Waals surface area contributed by atoms with Gasteiger partial charge in [-0.1, -0.05) is 17.7 Å². The molecule has 3 nitrogen and oxygen atoms in total. The van der Waals surface area contributed by atoms with E-state index in [9.17, 15) is 22.4 Å². The van der Waals surface area contributed by atoms with E-state index in [-0.39, 0.29) is 16.5 Å². The van der Waals surface area contributed by atoms with E-state index in [1.165, 1.54) is 12.1 Å². The molecular formula is C18H15ClF4N2O. The minimum absolute atomic E-state index is 0.0373. The van der Waals surface area contributed by atoms with E-state index < -0.39 is 17.6 Å². The highest BCUT2D eigenvalue weighted by atomic mass is 35.5. The molecule has 2 aromatic rings. The average molecular weight is 387 g/mol. The van der Waals surface area contributed by atoms with Gasteiger partial charge in [-0.05, 0) is 36.4 Å². The fourth-order valence-corrected chi connectivity index (χ4v) is 3.13. The van der Waals surface area contributed by atoms with Gasteiger partial charge >= 0.3 is 6.18 Å². The number of amides is 1. The van der Waals surface area contributed by atoms with Crippen LogP contribution in [0.5, 0.6) is 0 Å². The quantitative estimate of drug-likeness (QED) is 0.711. The van der Waals surface area contributed by atoms with E-state index >= 15 is 0 Å². The monoisotopic (exact) mass is 386 g/mol. The molecule has 1 fully saturated rings. The first kappa shape index (κ1) is 18.5.